The Labute approximate surface area is 113 Å². The van der Waals surface area contributed by atoms with Crippen LogP contribution >= 0.6 is 0 Å². The van der Waals surface area contributed by atoms with Crippen LogP contribution < -0.4 is 4.90 Å². The molecule has 0 aliphatic carbocycles. The van der Waals surface area contributed by atoms with E-state index in [1.54, 1.807) is 0 Å². The zero-order chi connectivity index (χ0) is 13.2. The van der Waals surface area contributed by atoms with Crippen molar-refractivity contribution in [3.05, 3.63) is 64.7 Å². The number of anilines is 1. The van der Waals surface area contributed by atoms with Gasteiger partial charge in [0.05, 0.1) is 11.3 Å². The highest BCUT2D eigenvalue weighted by Crippen LogP contribution is 2.27. The standard InChI is InChI=1S/C17H16N2/c1-13-6-7-17(16(10-13)11-18)19-9-8-14-4-2-3-5-15(14)12-19/h2-7,10H,8-9,12H2,1H3. The number of nitriles is 1. The molecule has 2 heteroatoms. The summed E-state index contributed by atoms with van der Waals surface area (Å²) in [5, 5.41) is 9.29. The van der Waals surface area contributed by atoms with Gasteiger partial charge in [0.1, 0.15) is 6.07 Å². The van der Waals surface area contributed by atoms with Gasteiger partial charge in [0.15, 0.2) is 0 Å². The van der Waals surface area contributed by atoms with Crippen LogP contribution in [-0.2, 0) is 13.0 Å². The molecule has 0 fully saturated rings. The maximum atomic E-state index is 9.29. The molecule has 1 aliphatic rings. The Morgan fingerprint density at radius 3 is 2.68 bits per heavy atom. The predicted octanol–water partition coefficient (Wildman–Crippen LogP) is 3.43. The third-order valence-electron chi connectivity index (χ3n) is 3.74. The molecule has 94 valence electrons. The van der Waals surface area contributed by atoms with Crippen LogP contribution in [0.1, 0.15) is 22.3 Å². The lowest BCUT2D eigenvalue weighted by Crippen LogP contribution is -2.30. The minimum Gasteiger partial charge on any atom is -0.366 e. The van der Waals surface area contributed by atoms with Crippen molar-refractivity contribution in [3.8, 4) is 6.07 Å². The van der Waals surface area contributed by atoms with Crippen molar-refractivity contribution in [1.82, 2.24) is 0 Å². The van der Waals surface area contributed by atoms with Gasteiger partial charge in [-0.25, -0.2) is 0 Å². The lowest BCUT2D eigenvalue weighted by Gasteiger charge is -2.31. The van der Waals surface area contributed by atoms with Crippen molar-refractivity contribution in [1.29, 1.82) is 5.26 Å². The zero-order valence-electron chi connectivity index (χ0n) is 11.1. The highest BCUT2D eigenvalue weighted by atomic mass is 15.1. The maximum Gasteiger partial charge on any atom is 0.101 e. The number of aryl methyl sites for hydroxylation is 1. The summed E-state index contributed by atoms with van der Waals surface area (Å²) in [4.78, 5) is 2.31. The number of nitrogens with zero attached hydrogens (tertiary/aromatic N) is 2. The van der Waals surface area contributed by atoms with Crippen LogP contribution in [0.2, 0.25) is 0 Å². The van der Waals surface area contributed by atoms with Gasteiger partial charge in [-0.2, -0.15) is 5.26 Å². The molecule has 2 aromatic carbocycles. The van der Waals surface area contributed by atoms with Crippen LogP contribution in [0, 0.1) is 18.3 Å². The zero-order valence-corrected chi connectivity index (χ0v) is 11.1. The molecule has 1 heterocycles. The fraction of sp³-hybridized carbons (Fsp3) is 0.235. The van der Waals surface area contributed by atoms with Crippen LogP contribution in [0.4, 0.5) is 5.69 Å². The number of rotatable bonds is 1. The van der Waals surface area contributed by atoms with Crippen molar-refractivity contribution >= 4 is 5.69 Å². The average molecular weight is 248 g/mol. The largest absolute Gasteiger partial charge is 0.366 e. The molecule has 0 amide bonds. The quantitative estimate of drug-likeness (QED) is 0.773. The number of hydrogen-bond acceptors (Lipinski definition) is 2. The first-order valence-corrected chi connectivity index (χ1v) is 6.60. The lowest BCUT2D eigenvalue weighted by molar-refractivity contribution is 0.731. The van der Waals surface area contributed by atoms with Crippen LogP contribution in [0.3, 0.4) is 0 Å². The predicted molar refractivity (Wildman–Crippen MR) is 77.1 cm³/mol. The first-order chi connectivity index (χ1) is 9.28. The smallest absolute Gasteiger partial charge is 0.101 e. The van der Waals surface area contributed by atoms with Crippen LogP contribution in [0.5, 0.6) is 0 Å². The van der Waals surface area contributed by atoms with E-state index in [1.807, 2.05) is 13.0 Å². The van der Waals surface area contributed by atoms with Crippen molar-refractivity contribution in [2.45, 2.75) is 19.9 Å². The SMILES string of the molecule is Cc1ccc(N2CCc3ccccc3C2)c(C#N)c1. The molecular weight excluding hydrogens is 232 g/mol. The summed E-state index contributed by atoms with van der Waals surface area (Å²) < 4.78 is 0. The second kappa shape index (κ2) is 4.78. The highest BCUT2D eigenvalue weighted by molar-refractivity contribution is 5.61. The van der Waals surface area contributed by atoms with Crippen molar-refractivity contribution < 1.29 is 0 Å². The van der Waals surface area contributed by atoms with Crippen molar-refractivity contribution in [3.63, 3.8) is 0 Å². The maximum absolute atomic E-state index is 9.29. The van der Waals surface area contributed by atoms with Gasteiger partial charge in [-0.05, 0) is 42.2 Å². The summed E-state index contributed by atoms with van der Waals surface area (Å²) in [5.41, 5.74) is 5.78. The molecule has 1 aliphatic heterocycles. The van der Waals surface area contributed by atoms with E-state index < -0.39 is 0 Å². The van der Waals surface area contributed by atoms with Gasteiger partial charge in [-0.1, -0.05) is 30.3 Å². The summed E-state index contributed by atoms with van der Waals surface area (Å²) >= 11 is 0. The lowest BCUT2D eigenvalue weighted by atomic mass is 9.98. The molecule has 0 spiro atoms. The first kappa shape index (κ1) is 11.8. The van der Waals surface area contributed by atoms with Crippen molar-refractivity contribution in [2.75, 3.05) is 11.4 Å². The topological polar surface area (TPSA) is 27.0 Å². The monoisotopic (exact) mass is 248 g/mol. The summed E-state index contributed by atoms with van der Waals surface area (Å²) in [6, 6.07) is 17.0. The van der Waals surface area contributed by atoms with E-state index in [0.717, 1.165) is 36.3 Å². The third kappa shape index (κ3) is 2.20. The van der Waals surface area contributed by atoms with Gasteiger partial charge in [0.2, 0.25) is 0 Å². The Morgan fingerprint density at radius 1 is 1.11 bits per heavy atom. The van der Waals surface area contributed by atoms with Gasteiger partial charge >= 0.3 is 0 Å². The molecule has 3 rings (SSSR count). The average Bonchev–Trinajstić information content (AvgIpc) is 2.46. The first-order valence-electron chi connectivity index (χ1n) is 6.60. The fourth-order valence-corrected chi connectivity index (χ4v) is 2.72. The van der Waals surface area contributed by atoms with Crippen LogP contribution in [0.25, 0.3) is 0 Å². The molecule has 2 aromatic rings. The highest BCUT2D eigenvalue weighted by Gasteiger charge is 2.18. The van der Waals surface area contributed by atoms with Crippen molar-refractivity contribution in [2.24, 2.45) is 0 Å². The molecule has 0 radical (unpaired) electrons. The summed E-state index contributed by atoms with van der Waals surface area (Å²) in [6.07, 6.45) is 1.05. The number of hydrogen-bond donors (Lipinski definition) is 0. The van der Waals surface area contributed by atoms with Crippen LogP contribution in [-0.4, -0.2) is 6.54 Å². The van der Waals surface area contributed by atoms with Gasteiger partial charge in [0.25, 0.3) is 0 Å². The Kier molecular flexibility index (Phi) is 2.97. The summed E-state index contributed by atoms with van der Waals surface area (Å²) in [5.74, 6) is 0. The van der Waals surface area contributed by atoms with Gasteiger partial charge < -0.3 is 4.90 Å². The molecule has 0 unspecified atom stereocenters. The molecular formula is C17H16N2. The Balaban J connectivity index is 1.96. The summed E-state index contributed by atoms with van der Waals surface area (Å²) in [6.45, 7) is 3.90. The summed E-state index contributed by atoms with van der Waals surface area (Å²) in [7, 11) is 0. The van der Waals surface area contributed by atoms with E-state index in [1.165, 1.54) is 11.1 Å². The van der Waals surface area contributed by atoms with Gasteiger partial charge in [-0.3, -0.25) is 0 Å². The minimum atomic E-state index is 0.777. The molecule has 0 N–H and O–H groups in total. The van der Waals surface area contributed by atoms with E-state index >= 15 is 0 Å². The second-order valence-electron chi connectivity index (χ2n) is 5.07. The Morgan fingerprint density at radius 2 is 1.89 bits per heavy atom. The minimum absolute atomic E-state index is 0.777. The molecule has 0 bridgehead atoms. The van der Waals surface area contributed by atoms with E-state index in [2.05, 4.69) is 47.4 Å². The molecule has 0 saturated heterocycles. The fourth-order valence-electron chi connectivity index (χ4n) is 2.72. The van der Waals surface area contributed by atoms with Crippen LogP contribution in [0.15, 0.2) is 42.5 Å². The van der Waals surface area contributed by atoms with E-state index in [9.17, 15) is 5.26 Å². The van der Waals surface area contributed by atoms with Gasteiger partial charge in [-0.15, -0.1) is 0 Å². The number of fused-ring (bicyclic) bond motifs is 1. The molecule has 2 nitrogen and oxygen atoms in total. The van der Waals surface area contributed by atoms with E-state index in [4.69, 9.17) is 0 Å². The molecule has 0 aromatic heterocycles. The normalized spacial score (nSPS) is 13.8. The Hall–Kier alpha value is -2.27. The Bertz CT molecular complexity index is 653. The second-order valence-corrected chi connectivity index (χ2v) is 5.07. The molecule has 0 saturated carbocycles. The molecule has 19 heavy (non-hydrogen) atoms. The van der Waals surface area contributed by atoms with E-state index in [-0.39, 0.29) is 0 Å². The van der Waals surface area contributed by atoms with E-state index in [0.29, 0.717) is 0 Å². The molecule has 0 atom stereocenters. The third-order valence-corrected chi connectivity index (χ3v) is 3.74. The number of benzene rings is 2. The van der Waals surface area contributed by atoms with Gasteiger partial charge in [0, 0.05) is 13.1 Å².